The molecule has 3 amide bonds. The average molecular weight is 449 g/mol. The first-order valence-electron chi connectivity index (χ1n) is 11.3. The van der Waals surface area contributed by atoms with Crippen LogP contribution in [0.15, 0.2) is 42.5 Å². The lowest BCUT2D eigenvalue weighted by Crippen LogP contribution is -2.41. The molecule has 3 fully saturated rings. The number of nitrogens with zero attached hydrogens (tertiary/aromatic N) is 3. The van der Waals surface area contributed by atoms with Gasteiger partial charge in [-0.2, -0.15) is 5.10 Å². The summed E-state index contributed by atoms with van der Waals surface area (Å²) in [6, 6.07) is 12.9. The molecule has 33 heavy (non-hydrogen) atoms. The van der Waals surface area contributed by atoms with E-state index in [1.54, 1.807) is 19.2 Å². The van der Waals surface area contributed by atoms with Crippen LogP contribution in [-0.2, 0) is 6.54 Å². The monoisotopic (exact) mass is 448 g/mol. The van der Waals surface area contributed by atoms with Crippen molar-refractivity contribution < 1.29 is 14.3 Å². The number of aromatic amines is 1. The van der Waals surface area contributed by atoms with Gasteiger partial charge < -0.3 is 25.2 Å². The van der Waals surface area contributed by atoms with Gasteiger partial charge in [-0.1, -0.05) is 12.1 Å². The van der Waals surface area contributed by atoms with E-state index in [-0.39, 0.29) is 18.0 Å². The number of fused-ring (bicyclic) bond motifs is 5. The Morgan fingerprint density at radius 3 is 2.79 bits per heavy atom. The first kappa shape index (κ1) is 21.3. The molecule has 1 aromatic heterocycles. The van der Waals surface area contributed by atoms with Crippen molar-refractivity contribution in [2.45, 2.75) is 25.4 Å². The molecule has 3 aliphatic heterocycles. The van der Waals surface area contributed by atoms with E-state index in [0.29, 0.717) is 23.3 Å². The summed E-state index contributed by atoms with van der Waals surface area (Å²) in [6.45, 7) is 4.10. The SMILES string of the molecule is COc1cccc(CNC(=O)Nc2ccc3[nH]nc(C(=O)N4CCN5CCC4CC5)c3c2)c1. The van der Waals surface area contributed by atoms with Crippen LogP contribution >= 0.6 is 0 Å². The Balaban J connectivity index is 1.28. The standard InChI is InChI=1S/C24H28N6O3/c1-33-19-4-2-3-16(13-19)15-25-24(32)26-17-5-6-21-20(14-17)22(28-27-21)23(31)30-12-11-29-9-7-18(30)8-10-29/h2-6,13-14,18H,7-12,15H2,1H3,(H,27,28)(H2,25,26,32). The predicted octanol–water partition coefficient (Wildman–Crippen LogP) is 2.81. The maximum atomic E-state index is 13.4. The number of piperidine rings is 1. The van der Waals surface area contributed by atoms with Gasteiger partial charge in [0.15, 0.2) is 5.69 Å². The number of carbonyl (C=O) groups excluding carboxylic acids is 2. The third kappa shape index (κ3) is 4.49. The van der Waals surface area contributed by atoms with Crippen molar-refractivity contribution in [2.24, 2.45) is 0 Å². The van der Waals surface area contributed by atoms with Crippen LogP contribution in [0.2, 0.25) is 0 Å². The van der Waals surface area contributed by atoms with Crippen LogP contribution in [0.1, 0.15) is 28.9 Å². The molecule has 0 spiro atoms. The van der Waals surface area contributed by atoms with Crippen molar-refractivity contribution >= 4 is 28.5 Å². The van der Waals surface area contributed by atoms with Gasteiger partial charge in [0.2, 0.25) is 0 Å². The Labute approximate surface area is 192 Å². The summed E-state index contributed by atoms with van der Waals surface area (Å²) in [6.07, 6.45) is 2.02. The van der Waals surface area contributed by atoms with Crippen LogP contribution in [0.4, 0.5) is 10.5 Å². The Kier molecular flexibility index (Phi) is 5.87. The minimum absolute atomic E-state index is 0.0466. The number of amides is 3. The molecule has 2 aromatic carbocycles. The van der Waals surface area contributed by atoms with E-state index in [1.165, 1.54) is 0 Å². The van der Waals surface area contributed by atoms with Gasteiger partial charge in [0.25, 0.3) is 5.91 Å². The lowest BCUT2D eigenvalue weighted by Gasteiger charge is -2.31. The van der Waals surface area contributed by atoms with Gasteiger partial charge in [0, 0.05) is 49.8 Å². The normalized spacial score (nSPS) is 19.8. The van der Waals surface area contributed by atoms with Crippen molar-refractivity contribution in [3.05, 3.63) is 53.7 Å². The molecule has 6 rings (SSSR count). The quantitative estimate of drug-likeness (QED) is 0.557. The molecule has 3 N–H and O–H groups in total. The fourth-order valence-electron chi connectivity index (χ4n) is 4.68. The molecule has 4 heterocycles. The molecule has 3 aromatic rings. The summed E-state index contributed by atoms with van der Waals surface area (Å²) >= 11 is 0. The van der Waals surface area contributed by atoms with Gasteiger partial charge in [0.1, 0.15) is 5.75 Å². The summed E-state index contributed by atoms with van der Waals surface area (Å²) in [4.78, 5) is 30.2. The second kappa shape index (κ2) is 9.11. The maximum Gasteiger partial charge on any atom is 0.319 e. The first-order chi connectivity index (χ1) is 16.1. The zero-order valence-corrected chi connectivity index (χ0v) is 18.6. The first-order valence-corrected chi connectivity index (χ1v) is 11.3. The van der Waals surface area contributed by atoms with Crippen molar-refractivity contribution in [1.82, 2.24) is 25.3 Å². The molecule has 2 bridgehead atoms. The highest BCUT2D eigenvalue weighted by atomic mass is 16.5. The Hall–Kier alpha value is -3.59. The molecular formula is C24H28N6O3. The van der Waals surface area contributed by atoms with Gasteiger partial charge in [-0.15, -0.1) is 0 Å². The van der Waals surface area contributed by atoms with Gasteiger partial charge in [0.05, 0.1) is 12.6 Å². The Bertz CT molecular complexity index is 1170. The maximum absolute atomic E-state index is 13.4. The summed E-state index contributed by atoms with van der Waals surface area (Å²) in [7, 11) is 1.61. The Morgan fingerprint density at radius 1 is 1.12 bits per heavy atom. The molecule has 0 aliphatic carbocycles. The number of aromatic nitrogens is 2. The van der Waals surface area contributed by atoms with E-state index in [9.17, 15) is 9.59 Å². The number of anilines is 1. The van der Waals surface area contributed by atoms with Crippen molar-refractivity contribution in [3.8, 4) is 5.75 Å². The smallest absolute Gasteiger partial charge is 0.319 e. The number of rotatable bonds is 5. The molecule has 3 aliphatic rings. The van der Waals surface area contributed by atoms with E-state index in [4.69, 9.17) is 4.74 Å². The van der Waals surface area contributed by atoms with Crippen LogP contribution < -0.4 is 15.4 Å². The van der Waals surface area contributed by atoms with Crippen LogP contribution in [0, 0.1) is 0 Å². The largest absolute Gasteiger partial charge is 0.497 e. The minimum atomic E-state index is -0.327. The summed E-state index contributed by atoms with van der Waals surface area (Å²) in [5.74, 6) is 0.696. The molecule has 3 saturated heterocycles. The lowest BCUT2D eigenvalue weighted by molar-refractivity contribution is 0.0681. The molecular weight excluding hydrogens is 420 g/mol. The van der Waals surface area contributed by atoms with Crippen LogP contribution in [0.25, 0.3) is 10.9 Å². The molecule has 9 heteroatoms. The number of hydrogen-bond acceptors (Lipinski definition) is 5. The predicted molar refractivity (Wildman–Crippen MR) is 125 cm³/mol. The van der Waals surface area contributed by atoms with Gasteiger partial charge in [-0.25, -0.2) is 4.79 Å². The number of carbonyl (C=O) groups is 2. The van der Waals surface area contributed by atoms with Gasteiger partial charge in [-0.05, 0) is 48.7 Å². The molecule has 9 nitrogen and oxygen atoms in total. The molecule has 0 radical (unpaired) electrons. The van der Waals surface area contributed by atoms with Crippen molar-refractivity contribution in [2.75, 3.05) is 38.6 Å². The zero-order chi connectivity index (χ0) is 22.8. The zero-order valence-electron chi connectivity index (χ0n) is 18.6. The number of H-pyrrole nitrogens is 1. The lowest BCUT2D eigenvalue weighted by atomic mass is 10.0. The fourth-order valence-corrected chi connectivity index (χ4v) is 4.68. The minimum Gasteiger partial charge on any atom is -0.497 e. The summed E-state index contributed by atoms with van der Waals surface area (Å²) in [5.41, 5.74) is 2.71. The summed E-state index contributed by atoms with van der Waals surface area (Å²) in [5, 5.41) is 13.7. The number of ether oxygens (including phenoxy) is 1. The second-order valence-electron chi connectivity index (χ2n) is 8.56. The number of hydrogen-bond donors (Lipinski definition) is 3. The average Bonchev–Trinajstić information content (AvgIpc) is 3.02. The third-order valence-corrected chi connectivity index (χ3v) is 6.53. The second-order valence-corrected chi connectivity index (χ2v) is 8.56. The van der Waals surface area contributed by atoms with Crippen LogP contribution in [0.5, 0.6) is 5.75 Å². The molecule has 0 unspecified atom stereocenters. The van der Waals surface area contributed by atoms with Gasteiger partial charge in [-0.3, -0.25) is 9.89 Å². The van der Waals surface area contributed by atoms with E-state index in [1.807, 2.05) is 35.2 Å². The van der Waals surface area contributed by atoms with Gasteiger partial charge >= 0.3 is 6.03 Å². The van der Waals surface area contributed by atoms with E-state index >= 15 is 0 Å². The Morgan fingerprint density at radius 2 is 1.97 bits per heavy atom. The highest BCUT2D eigenvalue weighted by Crippen LogP contribution is 2.26. The van der Waals surface area contributed by atoms with Crippen LogP contribution in [0.3, 0.4) is 0 Å². The molecule has 172 valence electrons. The molecule has 0 atom stereocenters. The number of nitrogens with one attached hydrogen (secondary N) is 3. The summed E-state index contributed by atoms with van der Waals surface area (Å²) < 4.78 is 5.22. The number of benzene rings is 2. The number of urea groups is 1. The van der Waals surface area contributed by atoms with E-state index < -0.39 is 0 Å². The fraction of sp³-hybridized carbons (Fsp3) is 0.375. The van der Waals surface area contributed by atoms with E-state index in [0.717, 1.165) is 55.9 Å². The van der Waals surface area contributed by atoms with E-state index in [2.05, 4.69) is 25.7 Å². The highest BCUT2D eigenvalue weighted by molar-refractivity contribution is 6.06. The third-order valence-electron chi connectivity index (χ3n) is 6.53. The number of methoxy groups -OCH3 is 1. The van der Waals surface area contributed by atoms with Crippen molar-refractivity contribution in [1.29, 1.82) is 0 Å². The van der Waals surface area contributed by atoms with Crippen molar-refractivity contribution in [3.63, 3.8) is 0 Å². The molecule has 0 saturated carbocycles. The van der Waals surface area contributed by atoms with Crippen LogP contribution in [-0.4, -0.2) is 71.3 Å². The topological polar surface area (TPSA) is 103 Å². The highest BCUT2D eigenvalue weighted by Gasteiger charge is 2.33.